The van der Waals surface area contributed by atoms with Gasteiger partial charge in [-0.05, 0) is 38.8 Å². The molecule has 0 saturated heterocycles. The van der Waals surface area contributed by atoms with E-state index >= 15 is 0 Å². The average molecular weight is 285 g/mol. The van der Waals surface area contributed by atoms with Crippen LogP contribution in [0.1, 0.15) is 35.7 Å². The van der Waals surface area contributed by atoms with Crippen LogP contribution in [-0.2, 0) is 0 Å². The van der Waals surface area contributed by atoms with Gasteiger partial charge in [0.25, 0.3) is 0 Å². The highest BCUT2D eigenvalue weighted by Gasteiger charge is 2.28. The zero-order valence-corrected chi connectivity index (χ0v) is 12.9. The van der Waals surface area contributed by atoms with Gasteiger partial charge in [-0.25, -0.2) is 9.97 Å². The molecular formula is C16H19N3S. The Morgan fingerprint density at radius 3 is 2.65 bits per heavy atom. The number of hydrogen-bond donors (Lipinski definition) is 1. The molecule has 1 N–H and O–H groups in total. The van der Waals surface area contributed by atoms with Crippen molar-refractivity contribution < 1.29 is 0 Å². The first-order valence-electron chi connectivity index (χ1n) is 6.98. The molecule has 0 unspecified atom stereocenters. The van der Waals surface area contributed by atoms with E-state index in [1.54, 1.807) is 11.8 Å². The molecule has 2 aromatic rings. The van der Waals surface area contributed by atoms with Crippen LogP contribution in [0.15, 0.2) is 34.2 Å². The van der Waals surface area contributed by atoms with Crippen molar-refractivity contribution in [3.63, 3.8) is 0 Å². The lowest BCUT2D eigenvalue weighted by Gasteiger charge is -2.11. The van der Waals surface area contributed by atoms with Crippen molar-refractivity contribution in [1.82, 2.24) is 9.97 Å². The Hall–Kier alpha value is -1.55. The van der Waals surface area contributed by atoms with Crippen molar-refractivity contribution in [1.29, 1.82) is 0 Å². The predicted octanol–water partition coefficient (Wildman–Crippen LogP) is 4.16. The third kappa shape index (κ3) is 2.80. The van der Waals surface area contributed by atoms with Crippen molar-refractivity contribution >= 4 is 17.6 Å². The number of aryl methyl sites for hydroxylation is 1. The summed E-state index contributed by atoms with van der Waals surface area (Å²) in [7, 11) is 1.92. The topological polar surface area (TPSA) is 37.8 Å². The fraction of sp³-hybridized carbons (Fsp3) is 0.375. The Morgan fingerprint density at radius 1 is 1.20 bits per heavy atom. The third-order valence-corrected chi connectivity index (χ3v) is 4.58. The number of benzene rings is 1. The van der Waals surface area contributed by atoms with E-state index in [0.717, 1.165) is 22.2 Å². The lowest BCUT2D eigenvalue weighted by molar-refractivity contribution is 0.865. The molecule has 0 radical (unpaired) electrons. The Balaban J connectivity index is 1.97. The van der Waals surface area contributed by atoms with Crippen LogP contribution in [0.5, 0.6) is 0 Å². The van der Waals surface area contributed by atoms with E-state index in [9.17, 15) is 0 Å². The molecule has 1 aliphatic carbocycles. The molecule has 20 heavy (non-hydrogen) atoms. The minimum atomic E-state index is 0.569. The molecule has 3 nitrogen and oxygen atoms in total. The molecule has 1 aromatic carbocycles. The number of aromatic nitrogens is 2. The zero-order chi connectivity index (χ0) is 14.1. The molecule has 4 heteroatoms. The van der Waals surface area contributed by atoms with Gasteiger partial charge in [0, 0.05) is 23.4 Å². The first kappa shape index (κ1) is 13.4. The van der Waals surface area contributed by atoms with E-state index in [1.807, 2.05) is 7.05 Å². The highest BCUT2D eigenvalue weighted by molar-refractivity contribution is 7.99. The van der Waals surface area contributed by atoms with Gasteiger partial charge in [-0.1, -0.05) is 29.5 Å². The molecule has 0 atom stereocenters. The molecular weight excluding hydrogens is 266 g/mol. The van der Waals surface area contributed by atoms with Crippen molar-refractivity contribution in [3.8, 4) is 0 Å². The summed E-state index contributed by atoms with van der Waals surface area (Å²) in [5, 5.41) is 4.26. The van der Waals surface area contributed by atoms with Gasteiger partial charge in [0.05, 0.1) is 0 Å². The Bertz CT molecular complexity index is 636. The summed E-state index contributed by atoms with van der Waals surface area (Å²) in [6.45, 7) is 4.20. The van der Waals surface area contributed by atoms with Crippen LogP contribution < -0.4 is 5.32 Å². The van der Waals surface area contributed by atoms with Gasteiger partial charge in [-0.15, -0.1) is 0 Å². The van der Waals surface area contributed by atoms with Crippen LogP contribution in [0.3, 0.4) is 0 Å². The van der Waals surface area contributed by atoms with Gasteiger partial charge >= 0.3 is 0 Å². The molecule has 0 spiro atoms. The first-order chi connectivity index (χ1) is 9.67. The number of anilines is 1. The number of nitrogens with one attached hydrogen (secondary N) is 1. The largest absolute Gasteiger partial charge is 0.373 e. The standard InChI is InChI=1S/C16H19N3S/c1-10-5-4-6-13(9-10)20-16-11(2)14(17-3)18-15(19-16)12-7-8-12/h4-6,9,12H,7-8H2,1-3H3,(H,17,18,19). The maximum Gasteiger partial charge on any atom is 0.135 e. The number of nitrogens with zero attached hydrogens (tertiary/aromatic N) is 2. The van der Waals surface area contributed by atoms with Crippen molar-refractivity contribution in [3.05, 3.63) is 41.2 Å². The van der Waals surface area contributed by atoms with Gasteiger partial charge < -0.3 is 5.32 Å². The van der Waals surface area contributed by atoms with E-state index in [-0.39, 0.29) is 0 Å². The van der Waals surface area contributed by atoms with Crippen LogP contribution in [0.2, 0.25) is 0 Å². The smallest absolute Gasteiger partial charge is 0.135 e. The minimum Gasteiger partial charge on any atom is -0.373 e. The molecule has 1 aromatic heterocycles. The fourth-order valence-corrected chi connectivity index (χ4v) is 3.17. The molecule has 0 amide bonds. The summed E-state index contributed by atoms with van der Waals surface area (Å²) >= 11 is 1.73. The monoisotopic (exact) mass is 285 g/mol. The number of hydrogen-bond acceptors (Lipinski definition) is 4. The summed E-state index contributed by atoms with van der Waals surface area (Å²) in [5.74, 6) is 2.52. The van der Waals surface area contributed by atoms with Gasteiger partial charge in [-0.2, -0.15) is 0 Å². The van der Waals surface area contributed by atoms with Crippen molar-refractivity contribution in [2.45, 2.75) is 42.5 Å². The summed E-state index contributed by atoms with van der Waals surface area (Å²) in [6, 6.07) is 8.54. The van der Waals surface area contributed by atoms with Crippen LogP contribution >= 0.6 is 11.8 Å². The Morgan fingerprint density at radius 2 is 2.00 bits per heavy atom. The third-order valence-electron chi connectivity index (χ3n) is 3.50. The van der Waals surface area contributed by atoms with Crippen LogP contribution in [0, 0.1) is 13.8 Å². The van der Waals surface area contributed by atoms with Crippen LogP contribution in [-0.4, -0.2) is 17.0 Å². The molecule has 1 aliphatic rings. The molecule has 0 bridgehead atoms. The fourth-order valence-electron chi connectivity index (χ4n) is 2.17. The molecule has 1 heterocycles. The predicted molar refractivity (Wildman–Crippen MR) is 83.6 cm³/mol. The van der Waals surface area contributed by atoms with Crippen LogP contribution in [0.4, 0.5) is 5.82 Å². The average Bonchev–Trinajstić information content (AvgIpc) is 3.25. The summed E-state index contributed by atoms with van der Waals surface area (Å²) < 4.78 is 0. The lowest BCUT2D eigenvalue weighted by atomic mass is 10.2. The maximum absolute atomic E-state index is 4.78. The van der Waals surface area contributed by atoms with E-state index < -0.39 is 0 Å². The summed E-state index contributed by atoms with van der Waals surface area (Å²) in [6.07, 6.45) is 2.45. The summed E-state index contributed by atoms with van der Waals surface area (Å²) in [4.78, 5) is 10.6. The Labute approximate surface area is 124 Å². The minimum absolute atomic E-state index is 0.569. The lowest BCUT2D eigenvalue weighted by Crippen LogP contribution is -2.04. The van der Waals surface area contributed by atoms with E-state index in [4.69, 9.17) is 4.98 Å². The SMILES string of the molecule is CNc1nc(C2CC2)nc(Sc2cccc(C)c2)c1C. The molecule has 1 saturated carbocycles. The normalized spacial score (nSPS) is 14.3. The zero-order valence-electron chi connectivity index (χ0n) is 12.1. The Kier molecular flexibility index (Phi) is 3.66. The highest BCUT2D eigenvalue weighted by Crippen LogP contribution is 2.40. The highest BCUT2D eigenvalue weighted by atomic mass is 32.2. The van der Waals surface area contributed by atoms with Gasteiger partial charge in [-0.3, -0.25) is 0 Å². The first-order valence-corrected chi connectivity index (χ1v) is 7.80. The molecule has 3 rings (SSSR count). The van der Waals surface area contributed by atoms with E-state index in [1.165, 1.54) is 23.3 Å². The maximum atomic E-state index is 4.78. The number of rotatable bonds is 4. The second-order valence-electron chi connectivity index (χ2n) is 5.30. The van der Waals surface area contributed by atoms with Gasteiger partial charge in [0.2, 0.25) is 0 Å². The summed E-state index contributed by atoms with van der Waals surface area (Å²) in [5.41, 5.74) is 2.40. The van der Waals surface area contributed by atoms with Gasteiger partial charge in [0.1, 0.15) is 16.7 Å². The molecule has 104 valence electrons. The second-order valence-corrected chi connectivity index (χ2v) is 6.37. The molecule has 0 aliphatic heterocycles. The van der Waals surface area contributed by atoms with Crippen LogP contribution in [0.25, 0.3) is 0 Å². The van der Waals surface area contributed by atoms with Gasteiger partial charge in [0.15, 0.2) is 0 Å². The van der Waals surface area contributed by atoms with Crippen molar-refractivity contribution in [2.75, 3.05) is 12.4 Å². The van der Waals surface area contributed by atoms with E-state index in [0.29, 0.717) is 5.92 Å². The quantitative estimate of drug-likeness (QED) is 0.856. The van der Waals surface area contributed by atoms with Crippen molar-refractivity contribution in [2.24, 2.45) is 0 Å². The second kappa shape index (κ2) is 5.44. The molecule has 1 fully saturated rings. The van der Waals surface area contributed by atoms with E-state index in [2.05, 4.69) is 48.4 Å².